The molecule has 214 valence electrons. The van der Waals surface area contributed by atoms with Crippen LogP contribution < -0.4 is 9.62 Å². The maximum absolute atomic E-state index is 14.0. The minimum absolute atomic E-state index is 0.0146. The van der Waals surface area contributed by atoms with Crippen molar-refractivity contribution in [1.82, 2.24) is 10.2 Å². The Bertz CT molecular complexity index is 1450. The van der Waals surface area contributed by atoms with Gasteiger partial charge in [0, 0.05) is 18.1 Å². The van der Waals surface area contributed by atoms with Gasteiger partial charge in [-0.05, 0) is 73.9 Å². The molecule has 11 heteroatoms. The Morgan fingerprint density at radius 1 is 0.950 bits per heavy atom. The van der Waals surface area contributed by atoms with Crippen molar-refractivity contribution >= 4 is 62.3 Å². The highest BCUT2D eigenvalue weighted by atomic mass is 35.5. The van der Waals surface area contributed by atoms with Crippen molar-refractivity contribution in [3.8, 4) is 0 Å². The lowest BCUT2D eigenvalue weighted by atomic mass is 10.1. The largest absolute Gasteiger partial charge is 0.354 e. The zero-order valence-corrected chi connectivity index (χ0v) is 25.6. The normalized spacial score (nSPS) is 12.1. The van der Waals surface area contributed by atoms with Gasteiger partial charge in [0.25, 0.3) is 10.0 Å². The second kappa shape index (κ2) is 14.2. The molecule has 2 amide bonds. The molecular formula is C29H32Cl3N3O4S. The summed E-state index contributed by atoms with van der Waals surface area (Å²) in [5.41, 5.74) is 1.65. The second-order valence-corrected chi connectivity index (χ2v) is 12.5. The number of benzene rings is 3. The zero-order valence-electron chi connectivity index (χ0n) is 22.5. The summed E-state index contributed by atoms with van der Waals surface area (Å²) < 4.78 is 28.8. The van der Waals surface area contributed by atoms with Gasteiger partial charge < -0.3 is 10.2 Å². The summed E-state index contributed by atoms with van der Waals surface area (Å²) in [4.78, 5) is 28.3. The number of rotatable bonds is 12. The number of halogens is 3. The number of aryl methyl sites for hydroxylation is 1. The Morgan fingerprint density at radius 2 is 1.62 bits per heavy atom. The number of nitrogens with one attached hydrogen (secondary N) is 1. The lowest BCUT2D eigenvalue weighted by Gasteiger charge is -2.32. The molecule has 0 fully saturated rings. The molecule has 0 radical (unpaired) electrons. The highest BCUT2D eigenvalue weighted by Gasteiger charge is 2.33. The van der Waals surface area contributed by atoms with Crippen LogP contribution in [0.2, 0.25) is 15.1 Å². The van der Waals surface area contributed by atoms with Gasteiger partial charge in [-0.25, -0.2) is 8.42 Å². The molecule has 0 aliphatic heterocycles. The average molecular weight is 625 g/mol. The molecule has 3 aromatic carbocycles. The molecule has 0 saturated carbocycles. The Balaban J connectivity index is 2.02. The predicted molar refractivity (Wildman–Crippen MR) is 162 cm³/mol. The van der Waals surface area contributed by atoms with Gasteiger partial charge in [0.15, 0.2) is 0 Å². The van der Waals surface area contributed by atoms with Gasteiger partial charge in [-0.2, -0.15) is 0 Å². The molecule has 0 saturated heterocycles. The van der Waals surface area contributed by atoms with Crippen LogP contribution in [0.3, 0.4) is 0 Å². The minimum atomic E-state index is -4.18. The van der Waals surface area contributed by atoms with Crippen molar-refractivity contribution in [1.29, 1.82) is 0 Å². The van der Waals surface area contributed by atoms with E-state index < -0.39 is 28.5 Å². The maximum Gasteiger partial charge on any atom is 0.264 e. The first-order chi connectivity index (χ1) is 18.9. The minimum Gasteiger partial charge on any atom is -0.354 e. The maximum atomic E-state index is 14.0. The smallest absolute Gasteiger partial charge is 0.264 e. The number of hydrogen-bond donors (Lipinski definition) is 1. The molecule has 0 aliphatic carbocycles. The summed E-state index contributed by atoms with van der Waals surface area (Å²) >= 11 is 18.3. The van der Waals surface area contributed by atoms with Crippen LogP contribution in [-0.2, 0) is 26.2 Å². The molecule has 7 nitrogen and oxygen atoms in total. The zero-order chi connectivity index (χ0) is 29.4. The first-order valence-corrected chi connectivity index (χ1v) is 15.4. The number of amides is 2. The Hall–Kier alpha value is -2.78. The molecule has 3 rings (SSSR count). The number of sulfonamides is 1. The topological polar surface area (TPSA) is 86.8 Å². The van der Waals surface area contributed by atoms with Crippen LogP contribution in [0.4, 0.5) is 5.69 Å². The fourth-order valence-corrected chi connectivity index (χ4v) is 5.97. The third kappa shape index (κ3) is 7.91. The van der Waals surface area contributed by atoms with Gasteiger partial charge >= 0.3 is 0 Å². The lowest BCUT2D eigenvalue weighted by Crippen LogP contribution is -2.51. The fourth-order valence-electron chi connectivity index (χ4n) is 4.04. The number of carbonyl (C=O) groups is 2. The molecule has 40 heavy (non-hydrogen) atoms. The van der Waals surface area contributed by atoms with Crippen molar-refractivity contribution < 1.29 is 18.0 Å². The van der Waals surface area contributed by atoms with Crippen LogP contribution >= 0.6 is 34.8 Å². The molecule has 0 aromatic heterocycles. The van der Waals surface area contributed by atoms with Gasteiger partial charge in [0.2, 0.25) is 11.8 Å². The first kappa shape index (κ1) is 31.7. The number of carbonyl (C=O) groups excluding carboxylic acids is 2. The number of hydrogen-bond acceptors (Lipinski definition) is 4. The number of nitrogens with zero attached hydrogens (tertiary/aromatic N) is 2. The highest BCUT2D eigenvalue weighted by molar-refractivity contribution is 7.92. The Labute approximate surface area is 251 Å². The van der Waals surface area contributed by atoms with E-state index in [0.717, 1.165) is 17.1 Å². The van der Waals surface area contributed by atoms with E-state index in [-0.39, 0.29) is 17.3 Å². The van der Waals surface area contributed by atoms with Crippen LogP contribution in [0.5, 0.6) is 0 Å². The summed E-state index contributed by atoms with van der Waals surface area (Å²) in [7, 11) is -4.18. The summed E-state index contributed by atoms with van der Waals surface area (Å²) in [6, 6.07) is 16.7. The monoisotopic (exact) mass is 623 g/mol. The number of para-hydroxylation sites is 1. The van der Waals surface area contributed by atoms with E-state index >= 15 is 0 Å². The average Bonchev–Trinajstić information content (AvgIpc) is 2.92. The van der Waals surface area contributed by atoms with E-state index in [1.807, 2.05) is 6.92 Å². The Morgan fingerprint density at radius 3 is 2.25 bits per heavy atom. The van der Waals surface area contributed by atoms with Crippen molar-refractivity contribution in [3.63, 3.8) is 0 Å². The molecule has 3 aromatic rings. The van der Waals surface area contributed by atoms with Crippen LogP contribution in [0.15, 0.2) is 71.6 Å². The molecule has 0 aliphatic rings. The van der Waals surface area contributed by atoms with Crippen molar-refractivity contribution in [2.75, 3.05) is 17.4 Å². The van der Waals surface area contributed by atoms with E-state index in [4.69, 9.17) is 34.8 Å². The second-order valence-electron chi connectivity index (χ2n) is 9.34. The molecule has 0 spiro atoms. The molecule has 0 heterocycles. The van der Waals surface area contributed by atoms with Gasteiger partial charge in [-0.3, -0.25) is 13.9 Å². The Kier molecular flexibility index (Phi) is 11.3. The highest BCUT2D eigenvalue weighted by Crippen LogP contribution is 2.28. The van der Waals surface area contributed by atoms with Crippen molar-refractivity contribution in [3.05, 3.63) is 92.9 Å². The van der Waals surface area contributed by atoms with E-state index in [1.54, 1.807) is 56.3 Å². The quantitative estimate of drug-likeness (QED) is 0.234. The van der Waals surface area contributed by atoms with Gasteiger partial charge in [0.05, 0.1) is 20.6 Å². The van der Waals surface area contributed by atoms with Gasteiger partial charge in [-0.1, -0.05) is 72.4 Å². The standard InChI is InChI=1S/C29H32Cl3N3O4S/c1-4-5-16-33-29(37)21(3)34(18-22-10-15-25(31)26(32)17-22)28(36)19-35(27-9-7-6-8-20(27)2)40(38,39)24-13-11-23(30)12-14-24/h6-15,17,21H,4-5,16,18-19H2,1-3H3,(H,33,37)/t21-/m1/s1. The van der Waals surface area contributed by atoms with Crippen LogP contribution in [0.25, 0.3) is 0 Å². The van der Waals surface area contributed by atoms with E-state index in [1.165, 1.54) is 29.2 Å². The molecular weight excluding hydrogens is 593 g/mol. The molecule has 0 unspecified atom stereocenters. The van der Waals surface area contributed by atoms with Gasteiger partial charge in [0.1, 0.15) is 12.6 Å². The molecule has 1 atom stereocenters. The summed E-state index contributed by atoms with van der Waals surface area (Å²) in [5, 5.41) is 3.90. The van der Waals surface area contributed by atoms with E-state index in [2.05, 4.69) is 5.32 Å². The third-order valence-electron chi connectivity index (χ3n) is 6.40. The van der Waals surface area contributed by atoms with Crippen molar-refractivity contribution in [2.24, 2.45) is 0 Å². The van der Waals surface area contributed by atoms with Crippen LogP contribution in [0, 0.1) is 6.92 Å². The molecule has 0 bridgehead atoms. The fraction of sp³-hybridized carbons (Fsp3) is 0.310. The van der Waals surface area contributed by atoms with E-state index in [0.29, 0.717) is 38.4 Å². The SMILES string of the molecule is CCCCNC(=O)[C@@H](C)N(Cc1ccc(Cl)c(Cl)c1)C(=O)CN(c1ccccc1C)S(=O)(=O)c1ccc(Cl)cc1. The van der Waals surface area contributed by atoms with Gasteiger partial charge in [-0.15, -0.1) is 0 Å². The summed E-state index contributed by atoms with van der Waals surface area (Å²) in [6.07, 6.45) is 1.69. The molecule has 1 N–H and O–H groups in total. The van der Waals surface area contributed by atoms with E-state index in [9.17, 15) is 18.0 Å². The number of unbranched alkanes of at least 4 members (excludes halogenated alkanes) is 1. The predicted octanol–water partition coefficient (Wildman–Crippen LogP) is 6.48. The lowest BCUT2D eigenvalue weighted by molar-refractivity contribution is -0.139. The van der Waals surface area contributed by atoms with Crippen LogP contribution in [0.1, 0.15) is 37.8 Å². The van der Waals surface area contributed by atoms with Crippen molar-refractivity contribution in [2.45, 2.75) is 51.1 Å². The third-order valence-corrected chi connectivity index (χ3v) is 9.16. The first-order valence-electron chi connectivity index (χ1n) is 12.8. The van der Waals surface area contributed by atoms with Crippen LogP contribution in [-0.4, -0.2) is 44.3 Å². The summed E-state index contributed by atoms with van der Waals surface area (Å²) in [6.45, 7) is 5.33. The number of anilines is 1. The summed E-state index contributed by atoms with van der Waals surface area (Å²) in [5.74, 6) is -0.908.